The zero-order chi connectivity index (χ0) is 16.9. The molecule has 2 amide bonds. The number of urea groups is 1. The van der Waals surface area contributed by atoms with Crippen LogP contribution < -0.4 is 10.6 Å². The van der Waals surface area contributed by atoms with Crippen LogP contribution in [0, 0.1) is 6.92 Å². The summed E-state index contributed by atoms with van der Waals surface area (Å²) < 4.78 is 1.79. The average molecular weight is 341 g/mol. The summed E-state index contributed by atoms with van der Waals surface area (Å²) in [6.45, 7) is 4.29. The number of para-hydroxylation sites is 1. The van der Waals surface area contributed by atoms with E-state index in [1.54, 1.807) is 22.2 Å². The van der Waals surface area contributed by atoms with Gasteiger partial charge in [-0.05, 0) is 26.0 Å². The quantitative estimate of drug-likeness (QED) is 0.748. The normalized spacial score (nSPS) is 11.9. The molecule has 2 heterocycles. The van der Waals surface area contributed by atoms with E-state index in [0.29, 0.717) is 6.54 Å². The SMILES string of the molecule is Cc1nc([C@@H](C)NC(=O)NCc2cnn(-c3ccccc3)c2)cs1. The van der Waals surface area contributed by atoms with Crippen molar-refractivity contribution in [1.82, 2.24) is 25.4 Å². The van der Waals surface area contributed by atoms with Gasteiger partial charge < -0.3 is 10.6 Å². The van der Waals surface area contributed by atoms with Crippen molar-refractivity contribution in [3.63, 3.8) is 0 Å². The van der Waals surface area contributed by atoms with Gasteiger partial charge >= 0.3 is 6.03 Å². The smallest absolute Gasteiger partial charge is 0.315 e. The third-order valence-electron chi connectivity index (χ3n) is 3.54. The first-order chi connectivity index (χ1) is 11.6. The molecule has 0 bridgehead atoms. The van der Waals surface area contributed by atoms with Crippen LogP contribution >= 0.6 is 11.3 Å². The van der Waals surface area contributed by atoms with Gasteiger partial charge in [0.25, 0.3) is 0 Å². The van der Waals surface area contributed by atoms with Crippen molar-refractivity contribution in [3.8, 4) is 5.69 Å². The van der Waals surface area contributed by atoms with Crippen molar-refractivity contribution < 1.29 is 4.79 Å². The van der Waals surface area contributed by atoms with Crippen LogP contribution in [-0.2, 0) is 6.54 Å². The first-order valence-corrected chi connectivity index (χ1v) is 8.55. The Balaban J connectivity index is 1.52. The molecule has 2 aromatic heterocycles. The Morgan fingerprint density at radius 3 is 2.83 bits per heavy atom. The molecule has 3 aromatic rings. The number of aromatic nitrogens is 3. The molecule has 1 atom stereocenters. The second-order valence-corrected chi connectivity index (χ2v) is 6.53. The molecule has 0 radical (unpaired) electrons. The fraction of sp³-hybridized carbons (Fsp3) is 0.235. The van der Waals surface area contributed by atoms with E-state index >= 15 is 0 Å². The van der Waals surface area contributed by atoms with Crippen LogP contribution in [0.15, 0.2) is 48.1 Å². The minimum atomic E-state index is -0.222. The maximum Gasteiger partial charge on any atom is 0.315 e. The van der Waals surface area contributed by atoms with Gasteiger partial charge in [-0.15, -0.1) is 11.3 Å². The van der Waals surface area contributed by atoms with Crippen LogP contribution in [0.5, 0.6) is 0 Å². The highest BCUT2D eigenvalue weighted by atomic mass is 32.1. The molecule has 0 aliphatic heterocycles. The van der Waals surface area contributed by atoms with Crippen molar-refractivity contribution in [2.24, 2.45) is 0 Å². The van der Waals surface area contributed by atoms with E-state index in [-0.39, 0.29) is 12.1 Å². The Morgan fingerprint density at radius 1 is 1.33 bits per heavy atom. The summed E-state index contributed by atoms with van der Waals surface area (Å²) in [6.07, 6.45) is 3.66. The van der Waals surface area contributed by atoms with Crippen molar-refractivity contribution in [1.29, 1.82) is 0 Å². The Kier molecular flexibility index (Phi) is 4.90. The molecule has 0 saturated carbocycles. The summed E-state index contributed by atoms with van der Waals surface area (Å²) >= 11 is 1.58. The number of aryl methyl sites for hydroxylation is 1. The summed E-state index contributed by atoms with van der Waals surface area (Å²) in [5.74, 6) is 0. The molecule has 6 nitrogen and oxygen atoms in total. The number of amides is 2. The maximum atomic E-state index is 12.0. The van der Waals surface area contributed by atoms with Crippen molar-refractivity contribution in [2.75, 3.05) is 0 Å². The molecule has 24 heavy (non-hydrogen) atoms. The Morgan fingerprint density at radius 2 is 2.12 bits per heavy atom. The van der Waals surface area contributed by atoms with Gasteiger partial charge in [-0.25, -0.2) is 14.5 Å². The lowest BCUT2D eigenvalue weighted by atomic mass is 10.3. The Labute approximate surface area is 144 Å². The van der Waals surface area contributed by atoms with E-state index < -0.39 is 0 Å². The number of thiazole rings is 1. The highest BCUT2D eigenvalue weighted by Gasteiger charge is 2.12. The maximum absolute atomic E-state index is 12.0. The van der Waals surface area contributed by atoms with Gasteiger partial charge in [0.05, 0.1) is 28.6 Å². The van der Waals surface area contributed by atoms with Gasteiger partial charge in [0.1, 0.15) is 0 Å². The van der Waals surface area contributed by atoms with Crippen molar-refractivity contribution >= 4 is 17.4 Å². The lowest BCUT2D eigenvalue weighted by Crippen LogP contribution is -2.36. The molecule has 0 unspecified atom stereocenters. The molecule has 2 N–H and O–H groups in total. The molecule has 0 aliphatic carbocycles. The molecular formula is C17H19N5OS. The number of hydrogen-bond acceptors (Lipinski definition) is 4. The summed E-state index contributed by atoms with van der Waals surface area (Å²) in [6, 6.07) is 9.50. The molecule has 1 aromatic carbocycles. The van der Waals surface area contributed by atoms with Crippen molar-refractivity contribution in [2.45, 2.75) is 26.4 Å². The van der Waals surface area contributed by atoms with Gasteiger partial charge in [0.2, 0.25) is 0 Å². The predicted octanol–water partition coefficient (Wildman–Crippen LogP) is 3.20. The molecule has 124 valence electrons. The molecule has 0 aliphatic rings. The van der Waals surface area contributed by atoms with E-state index in [0.717, 1.165) is 22.0 Å². The van der Waals surface area contributed by atoms with Gasteiger partial charge in [0, 0.05) is 23.7 Å². The third kappa shape index (κ3) is 3.99. The number of benzene rings is 1. The predicted molar refractivity (Wildman–Crippen MR) is 94.2 cm³/mol. The van der Waals surface area contributed by atoms with E-state index in [1.807, 2.05) is 55.8 Å². The molecule has 0 spiro atoms. The van der Waals surface area contributed by atoms with Crippen molar-refractivity contribution in [3.05, 3.63) is 64.4 Å². The monoisotopic (exact) mass is 341 g/mol. The molecule has 0 fully saturated rings. The molecule has 7 heteroatoms. The van der Waals surface area contributed by atoms with Gasteiger partial charge in [0.15, 0.2) is 0 Å². The number of carbonyl (C=O) groups is 1. The zero-order valence-corrected chi connectivity index (χ0v) is 14.4. The second-order valence-electron chi connectivity index (χ2n) is 5.47. The third-order valence-corrected chi connectivity index (χ3v) is 4.33. The van der Waals surface area contributed by atoms with Crippen LogP contribution in [0.2, 0.25) is 0 Å². The fourth-order valence-electron chi connectivity index (χ4n) is 2.26. The number of hydrogen-bond donors (Lipinski definition) is 2. The lowest BCUT2D eigenvalue weighted by molar-refractivity contribution is 0.237. The largest absolute Gasteiger partial charge is 0.334 e. The standard InChI is InChI=1S/C17H19N5OS/c1-12(16-11-24-13(2)21-16)20-17(23)18-8-14-9-19-22(10-14)15-6-4-3-5-7-15/h3-7,9-12H,8H2,1-2H3,(H2,18,20,23)/t12-/m1/s1. The van der Waals surface area contributed by atoms with Gasteiger partial charge in [-0.1, -0.05) is 18.2 Å². The number of nitrogens with one attached hydrogen (secondary N) is 2. The Bertz CT molecular complexity index is 811. The van der Waals surface area contributed by atoms with Gasteiger partial charge in [-0.2, -0.15) is 5.10 Å². The number of rotatable bonds is 5. The lowest BCUT2D eigenvalue weighted by Gasteiger charge is -2.12. The fourth-order valence-corrected chi connectivity index (χ4v) is 2.96. The number of carbonyl (C=O) groups excluding carboxylic acids is 1. The van der Waals surface area contributed by atoms with Gasteiger partial charge in [-0.3, -0.25) is 0 Å². The summed E-state index contributed by atoms with van der Waals surface area (Å²) in [5.41, 5.74) is 2.80. The first-order valence-electron chi connectivity index (χ1n) is 7.67. The summed E-state index contributed by atoms with van der Waals surface area (Å²) in [4.78, 5) is 16.4. The van der Waals surface area contributed by atoms with E-state index in [9.17, 15) is 4.79 Å². The minimum absolute atomic E-state index is 0.123. The summed E-state index contributed by atoms with van der Waals surface area (Å²) in [5, 5.41) is 13.0. The van der Waals surface area contributed by atoms with Crippen LogP contribution in [0.4, 0.5) is 4.79 Å². The van der Waals surface area contributed by atoms with Crippen LogP contribution in [0.25, 0.3) is 5.69 Å². The van der Waals surface area contributed by atoms with Crippen LogP contribution in [-0.4, -0.2) is 20.8 Å². The molecular weight excluding hydrogens is 322 g/mol. The zero-order valence-electron chi connectivity index (χ0n) is 13.6. The van der Waals surface area contributed by atoms with E-state index in [1.165, 1.54) is 0 Å². The Hall–Kier alpha value is -2.67. The number of nitrogens with zero attached hydrogens (tertiary/aromatic N) is 3. The topological polar surface area (TPSA) is 71.8 Å². The van der Waals surface area contributed by atoms with E-state index in [2.05, 4.69) is 20.7 Å². The average Bonchev–Trinajstić information content (AvgIpc) is 3.23. The molecule has 3 rings (SSSR count). The highest BCUT2D eigenvalue weighted by Crippen LogP contribution is 2.15. The van der Waals surface area contributed by atoms with E-state index in [4.69, 9.17) is 0 Å². The van der Waals surface area contributed by atoms with Crippen LogP contribution in [0.3, 0.4) is 0 Å². The minimum Gasteiger partial charge on any atom is -0.334 e. The first kappa shape index (κ1) is 16.2. The summed E-state index contributed by atoms with van der Waals surface area (Å²) in [7, 11) is 0. The van der Waals surface area contributed by atoms with Crippen LogP contribution in [0.1, 0.15) is 29.2 Å². The molecule has 0 saturated heterocycles. The second kappa shape index (κ2) is 7.27. The highest BCUT2D eigenvalue weighted by molar-refractivity contribution is 7.09.